The molecule has 0 aliphatic heterocycles. The summed E-state index contributed by atoms with van der Waals surface area (Å²) in [7, 11) is -3.81. The van der Waals surface area contributed by atoms with Crippen molar-refractivity contribution in [1.29, 1.82) is 0 Å². The minimum absolute atomic E-state index is 0.00630. The van der Waals surface area contributed by atoms with Crippen LogP contribution in [0.25, 0.3) is 0 Å². The van der Waals surface area contributed by atoms with Crippen LogP contribution in [0.1, 0.15) is 38.8 Å². The molecule has 172 valence electrons. The van der Waals surface area contributed by atoms with E-state index in [2.05, 4.69) is 32.6 Å². The molecule has 6 heteroatoms. The minimum atomic E-state index is -3.81. The molecule has 1 atom stereocenters. The topological polar surface area (TPSA) is 60.9 Å². The number of aliphatic hydroxyl groups is 1. The predicted octanol–water partition coefficient (Wildman–Crippen LogP) is 4.47. The number of aliphatic hydroxyl groups excluding tert-OH is 1. The zero-order chi connectivity index (χ0) is 23.2. The SMILES string of the molecule is Cc1ccc(S(=O)(=O)N(C[C@H](O)CN(CC(C)C)CC(C)C)c2cccc(C)c2)cc1. The molecule has 0 heterocycles. The zero-order valence-corrected chi connectivity index (χ0v) is 20.6. The highest BCUT2D eigenvalue weighted by atomic mass is 32.2. The number of nitrogens with zero attached hydrogens (tertiary/aromatic N) is 2. The average Bonchev–Trinajstić information content (AvgIpc) is 2.65. The third kappa shape index (κ3) is 7.63. The molecule has 0 fully saturated rings. The van der Waals surface area contributed by atoms with Crippen LogP contribution < -0.4 is 4.31 Å². The van der Waals surface area contributed by atoms with Gasteiger partial charge < -0.3 is 10.0 Å². The highest BCUT2D eigenvalue weighted by molar-refractivity contribution is 7.92. The molecule has 0 amide bonds. The van der Waals surface area contributed by atoms with Crippen molar-refractivity contribution in [3.8, 4) is 0 Å². The molecule has 0 bridgehead atoms. The number of benzene rings is 2. The fourth-order valence-corrected chi connectivity index (χ4v) is 5.26. The standard InChI is InChI=1S/C25H38N2O3S/c1-19(2)15-26(16-20(3)4)17-24(28)18-27(23-9-7-8-22(6)14-23)31(29,30)25-12-10-21(5)11-13-25/h7-14,19-20,24,28H,15-18H2,1-6H3/t24-/m1/s1. The monoisotopic (exact) mass is 446 g/mol. The first kappa shape index (κ1) is 25.4. The molecule has 0 radical (unpaired) electrons. The van der Waals surface area contributed by atoms with Gasteiger partial charge in [0.05, 0.1) is 23.2 Å². The molecule has 31 heavy (non-hydrogen) atoms. The van der Waals surface area contributed by atoms with E-state index in [-0.39, 0.29) is 11.4 Å². The molecule has 1 N–H and O–H groups in total. The molecule has 0 saturated heterocycles. The summed E-state index contributed by atoms with van der Waals surface area (Å²) in [6.45, 7) is 14.6. The van der Waals surface area contributed by atoms with Crippen molar-refractivity contribution in [3.05, 3.63) is 59.7 Å². The van der Waals surface area contributed by atoms with E-state index >= 15 is 0 Å². The first-order valence-electron chi connectivity index (χ1n) is 11.1. The molecule has 0 unspecified atom stereocenters. The summed E-state index contributed by atoms with van der Waals surface area (Å²) in [5.41, 5.74) is 2.54. The van der Waals surface area contributed by atoms with Crippen molar-refractivity contribution in [1.82, 2.24) is 4.90 Å². The molecular formula is C25H38N2O3S. The second-order valence-electron chi connectivity index (χ2n) is 9.35. The first-order chi connectivity index (χ1) is 14.5. The van der Waals surface area contributed by atoms with Crippen molar-refractivity contribution >= 4 is 15.7 Å². The molecule has 2 aromatic rings. The maximum absolute atomic E-state index is 13.5. The lowest BCUT2D eigenvalue weighted by Crippen LogP contribution is -2.44. The second-order valence-corrected chi connectivity index (χ2v) is 11.2. The lowest BCUT2D eigenvalue weighted by atomic mass is 10.1. The Morgan fingerprint density at radius 3 is 1.90 bits per heavy atom. The van der Waals surface area contributed by atoms with Gasteiger partial charge in [-0.05, 0) is 55.5 Å². The van der Waals surface area contributed by atoms with Crippen molar-refractivity contribution < 1.29 is 13.5 Å². The van der Waals surface area contributed by atoms with Crippen LogP contribution in [0.15, 0.2) is 53.4 Å². The van der Waals surface area contributed by atoms with E-state index in [0.717, 1.165) is 24.2 Å². The van der Waals surface area contributed by atoms with Crippen LogP contribution in [-0.2, 0) is 10.0 Å². The van der Waals surface area contributed by atoms with Gasteiger partial charge in [-0.2, -0.15) is 0 Å². The molecule has 2 rings (SSSR count). The highest BCUT2D eigenvalue weighted by Gasteiger charge is 2.28. The summed E-state index contributed by atoms with van der Waals surface area (Å²) in [5.74, 6) is 0.935. The van der Waals surface area contributed by atoms with Gasteiger partial charge in [0, 0.05) is 19.6 Å². The smallest absolute Gasteiger partial charge is 0.264 e. The third-order valence-corrected chi connectivity index (χ3v) is 6.80. The van der Waals surface area contributed by atoms with Crippen LogP contribution in [0.5, 0.6) is 0 Å². The van der Waals surface area contributed by atoms with Gasteiger partial charge in [-0.3, -0.25) is 4.31 Å². The van der Waals surface area contributed by atoms with Gasteiger partial charge in [0.2, 0.25) is 0 Å². The summed E-state index contributed by atoms with van der Waals surface area (Å²) >= 11 is 0. The lowest BCUT2D eigenvalue weighted by Gasteiger charge is -2.31. The molecule has 0 aliphatic carbocycles. The van der Waals surface area contributed by atoms with Crippen LogP contribution in [0.2, 0.25) is 0 Å². The molecular weight excluding hydrogens is 408 g/mol. The molecule has 0 aromatic heterocycles. The Hall–Kier alpha value is -1.89. The maximum atomic E-state index is 13.5. The maximum Gasteiger partial charge on any atom is 0.264 e. The van der Waals surface area contributed by atoms with E-state index < -0.39 is 16.1 Å². The number of rotatable bonds is 11. The van der Waals surface area contributed by atoms with Crippen molar-refractivity contribution in [2.24, 2.45) is 11.8 Å². The lowest BCUT2D eigenvalue weighted by molar-refractivity contribution is 0.104. The summed E-state index contributed by atoms with van der Waals surface area (Å²) in [4.78, 5) is 2.46. The Balaban J connectivity index is 2.33. The second kappa shape index (κ2) is 11.1. The van der Waals surface area contributed by atoms with Gasteiger partial charge in [-0.25, -0.2) is 8.42 Å². The first-order valence-corrected chi connectivity index (χ1v) is 12.5. The van der Waals surface area contributed by atoms with Gasteiger partial charge >= 0.3 is 0 Å². The highest BCUT2D eigenvalue weighted by Crippen LogP contribution is 2.25. The molecule has 0 aliphatic rings. The third-order valence-electron chi connectivity index (χ3n) is 4.99. The number of hydrogen-bond donors (Lipinski definition) is 1. The number of sulfonamides is 1. The van der Waals surface area contributed by atoms with Crippen molar-refractivity contribution in [3.63, 3.8) is 0 Å². The fraction of sp³-hybridized carbons (Fsp3) is 0.520. The van der Waals surface area contributed by atoms with E-state index in [0.29, 0.717) is 24.1 Å². The zero-order valence-electron chi connectivity index (χ0n) is 19.7. The largest absolute Gasteiger partial charge is 0.390 e. The Morgan fingerprint density at radius 2 is 1.39 bits per heavy atom. The predicted molar refractivity (Wildman–Crippen MR) is 129 cm³/mol. The van der Waals surface area contributed by atoms with Gasteiger partial charge in [-0.1, -0.05) is 57.5 Å². The molecule has 0 spiro atoms. The van der Waals surface area contributed by atoms with E-state index in [9.17, 15) is 13.5 Å². The minimum Gasteiger partial charge on any atom is -0.390 e. The van der Waals surface area contributed by atoms with E-state index in [1.165, 1.54) is 4.31 Å². The Bertz CT molecular complexity index is 914. The van der Waals surface area contributed by atoms with Crippen LogP contribution in [-0.4, -0.2) is 50.7 Å². The fourth-order valence-electron chi connectivity index (χ4n) is 3.77. The Labute approximate surface area is 188 Å². The Morgan fingerprint density at radius 1 is 0.806 bits per heavy atom. The van der Waals surface area contributed by atoms with Gasteiger partial charge in [0.1, 0.15) is 0 Å². The quantitative estimate of drug-likeness (QED) is 0.553. The number of hydrogen-bond acceptors (Lipinski definition) is 4. The van der Waals surface area contributed by atoms with Crippen LogP contribution >= 0.6 is 0 Å². The van der Waals surface area contributed by atoms with Crippen molar-refractivity contribution in [2.45, 2.75) is 52.5 Å². The van der Waals surface area contributed by atoms with E-state index in [1.807, 2.05) is 32.0 Å². The Kier molecular flexibility index (Phi) is 9.10. The molecule has 2 aromatic carbocycles. The normalized spacial score (nSPS) is 13.2. The summed E-state index contributed by atoms with van der Waals surface area (Å²) in [6, 6.07) is 14.3. The van der Waals surface area contributed by atoms with E-state index in [4.69, 9.17) is 0 Å². The van der Waals surface area contributed by atoms with Crippen LogP contribution in [0.3, 0.4) is 0 Å². The van der Waals surface area contributed by atoms with E-state index in [1.54, 1.807) is 30.3 Å². The van der Waals surface area contributed by atoms with Crippen molar-refractivity contribution in [2.75, 3.05) is 30.5 Å². The number of aryl methyl sites for hydroxylation is 2. The van der Waals surface area contributed by atoms with Crippen LogP contribution in [0.4, 0.5) is 5.69 Å². The molecule has 0 saturated carbocycles. The van der Waals surface area contributed by atoms with Gasteiger partial charge in [-0.15, -0.1) is 0 Å². The van der Waals surface area contributed by atoms with Gasteiger partial charge in [0.15, 0.2) is 0 Å². The van der Waals surface area contributed by atoms with Crippen LogP contribution in [0, 0.1) is 25.7 Å². The summed E-state index contributed by atoms with van der Waals surface area (Å²) in [5, 5.41) is 11.0. The molecule has 5 nitrogen and oxygen atoms in total. The summed E-state index contributed by atoms with van der Waals surface area (Å²) in [6.07, 6.45) is -0.807. The summed E-state index contributed by atoms with van der Waals surface area (Å²) < 4.78 is 28.4. The number of anilines is 1. The van der Waals surface area contributed by atoms with Gasteiger partial charge in [0.25, 0.3) is 10.0 Å². The average molecular weight is 447 g/mol.